The Bertz CT molecular complexity index is 613. The predicted octanol–water partition coefficient (Wildman–Crippen LogP) is 2.42. The lowest BCUT2D eigenvalue weighted by Crippen LogP contribution is -2.28. The second kappa shape index (κ2) is 5.33. The van der Waals surface area contributed by atoms with Gasteiger partial charge >= 0.3 is 0 Å². The molecule has 4 heteroatoms. The van der Waals surface area contributed by atoms with Gasteiger partial charge in [-0.15, -0.1) is 0 Å². The summed E-state index contributed by atoms with van der Waals surface area (Å²) in [6.45, 7) is 1.42. The first kappa shape index (κ1) is 12.7. The van der Waals surface area contributed by atoms with Gasteiger partial charge in [-0.2, -0.15) is 0 Å². The van der Waals surface area contributed by atoms with Gasteiger partial charge in [-0.05, 0) is 18.1 Å². The van der Waals surface area contributed by atoms with E-state index in [2.05, 4.69) is 17.1 Å². The van der Waals surface area contributed by atoms with Gasteiger partial charge in [-0.3, -0.25) is 9.78 Å². The van der Waals surface area contributed by atoms with E-state index >= 15 is 0 Å². The van der Waals surface area contributed by atoms with E-state index in [9.17, 15) is 9.90 Å². The second-order valence-corrected chi connectivity index (χ2v) is 5.04. The van der Waals surface area contributed by atoms with Crippen LogP contribution in [0.25, 0.3) is 0 Å². The van der Waals surface area contributed by atoms with Gasteiger partial charge in [0.25, 0.3) is 5.91 Å². The number of pyridine rings is 1. The smallest absolute Gasteiger partial charge is 0.257 e. The third kappa shape index (κ3) is 2.37. The number of carbonyl (C=O) groups is 1. The van der Waals surface area contributed by atoms with Gasteiger partial charge in [0.15, 0.2) is 0 Å². The summed E-state index contributed by atoms with van der Waals surface area (Å²) >= 11 is 0. The molecule has 4 nitrogen and oxygen atoms in total. The van der Waals surface area contributed by atoms with Crippen LogP contribution in [0, 0.1) is 0 Å². The topological polar surface area (TPSA) is 53.4 Å². The van der Waals surface area contributed by atoms with Gasteiger partial charge in [0.1, 0.15) is 5.75 Å². The number of hydrogen-bond donors (Lipinski definition) is 1. The number of amides is 1. The Kier molecular flexibility index (Phi) is 3.37. The Morgan fingerprint density at radius 1 is 1.25 bits per heavy atom. The minimum absolute atomic E-state index is 0.0549. The first-order chi connectivity index (χ1) is 9.75. The molecular formula is C16H16N2O2. The van der Waals surface area contributed by atoms with E-state index < -0.39 is 0 Å². The summed E-state index contributed by atoms with van der Waals surface area (Å²) in [5, 5.41) is 9.71. The standard InChI is InChI=1S/C16H16N2O2/c19-15-10-17-8-6-14(15)16(20)18-9-7-13(11-18)12-4-2-1-3-5-12/h1-6,8,10,13,19H,7,9,11H2. The SMILES string of the molecule is O=C(c1ccncc1O)N1CCC(c2ccccc2)C1. The maximum absolute atomic E-state index is 12.4. The van der Waals surface area contributed by atoms with Crippen molar-refractivity contribution in [1.29, 1.82) is 0 Å². The number of aromatic hydroxyl groups is 1. The van der Waals surface area contributed by atoms with Gasteiger partial charge in [-0.1, -0.05) is 30.3 Å². The Labute approximate surface area is 117 Å². The van der Waals surface area contributed by atoms with Crippen LogP contribution in [0.4, 0.5) is 0 Å². The quantitative estimate of drug-likeness (QED) is 0.910. The van der Waals surface area contributed by atoms with Gasteiger partial charge in [0.2, 0.25) is 0 Å². The molecule has 1 aliphatic heterocycles. The van der Waals surface area contributed by atoms with Crippen molar-refractivity contribution in [1.82, 2.24) is 9.88 Å². The molecular weight excluding hydrogens is 252 g/mol. The highest BCUT2D eigenvalue weighted by molar-refractivity contribution is 5.96. The molecule has 1 aromatic heterocycles. The van der Waals surface area contributed by atoms with Crippen LogP contribution in [0.15, 0.2) is 48.8 Å². The lowest BCUT2D eigenvalue weighted by Gasteiger charge is -2.17. The minimum atomic E-state index is -0.122. The van der Waals surface area contributed by atoms with Crippen LogP contribution >= 0.6 is 0 Å². The van der Waals surface area contributed by atoms with Crippen molar-refractivity contribution in [3.05, 3.63) is 59.9 Å². The van der Waals surface area contributed by atoms with E-state index in [0.717, 1.165) is 13.0 Å². The molecule has 1 aliphatic rings. The lowest BCUT2D eigenvalue weighted by atomic mass is 9.99. The maximum atomic E-state index is 12.4. The first-order valence-electron chi connectivity index (χ1n) is 6.73. The van der Waals surface area contributed by atoms with Crippen LogP contribution in [0.5, 0.6) is 5.75 Å². The molecule has 0 spiro atoms. The van der Waals surface area contributed by atoms with Crippen LogP contribution < -0.4 is 0 Å². The molecule has 0 bridgehead atoms. The van der Waals surface area contributed by atoms with Crippen LogP contribution in [0.3, 0.4) is 0 Å². The molecule has 1 amide bonds. The van der Waals surface area contributed by atoms with Crippen molar-refractivity contribution >= 4 is 5.91 Å². The highest BCUT2D eigenvalue weighted by atomic mass is 16.3. The van der Waals surface area contributed by atoms with E-state index in [4.69, 9.17) is 0 Å². The van der Waals surface area contributed by atoms with Crippen molar-refractivity contribution in [2.45, 2.75) is 12.3 Å². The van der Waals surface area contributed by atoms with E-state index in [1.165, 1.54) is 18.0 Å². The Morgan fingerprint density at radius 3 is 2.80 bits per heavy atom. The number of likely N-dealkylation sites (tertiary alicyclic amines) is 1. The number of rotatable bonds is 2. The fourth-order valence-corrected chi connectivity index (χ4v) is 2.68. The lowest BCUT2D eigenvalue weighted by molar-refractivity contribution is 0.0787. The van der Waals surface area contributed by atoms with Crippen LogP contribution in [0.1, 0.15) is 28.3 Å². The summed E-state index contributed by atoms with van der Waals surface area (Å²) in [6, 6.07) is 11.8. The Hall–Kier alpha value is -2.36. The van der Waals surface area contributed by atoms with E-state index in [1.54, 1.807) is 11.0 Å². The third-order valence-corrected chi connectivity index (χ3v) is 3.78. The van der Waals surface area contributed by atoms with E-state index in [0.29, 0.717) is 18.0 Å². The molecule has 1 aromatic carbocycles. The maximum Gasteiger partial charge on any atom is 0.257 e. The molecule has 1 unspecified atom stereocenters. The monoisotopic (exact) mass is 268 g/mol. The van der Waals surface area contributed by atoms with Crippen LogP contribution in [0.2, 0.25) is 0 Å². The number of aromatic nitrogens is 1. The predicted molar refractivity (Wildman–Crippen MR) is 75.6 cm³/mol. The highest BCUT2D eigenvalue weighted by Gasteiger charge is 2.28. The Balaban J connectivity index is 1.75. The molecule has 20 heavy (non-hydrogen) atoms. The van der Waals surface area contributed by atoms with Crippen molar-refractivity contribution < 1.29 is 9.90 Å². The number of nitrogens with zero attached hydrogens (tertiary/aromatic N) is 2. The molecule has 102 valence electrons. The second-order valence-electron chi connectivity index (χ2n) is 5.04. The summed E-state index contributed by atoms with van der Waals surface area (Å²) in [5.41, 5.74) is 1.59. The average molecular weight is 268 g/mol. The van der Waals surface area contributed by atoms with Crippen molar-refractivity contribution in [2.75, 3.05) is 13.1 Å². The molecule has 1 N–H and O–H groups in total. The molecule has 0 saturated carbocycles. The molecule has 2 heterocycles. The van der Waals surface area contributed by atoms with Crippen molar-refractivity contribution in [2.24, 2.45) is 0 Å². The van der Waals surface area contributed by atoms with Gasteiger partial charge in [0, 0.05) is 25.2 Å². The average Bonchev–Trinajstić information content (AvgIpc) is 2.98. The highest BCUT2D eigenvalue weighted by Crippen LogP contribution is 2.29. The summed E-state index contributed by atoms with van der Waals surface area (Å²) in [6.07, 6.45) is 3.79. The van der Waals surface area contributed by atoms with Gasteiger partial charge in [0.05, 0.1) is 11.8 Å². The van der Waals surface area contributed by atoms with Crippen molar-refractivity contribution in [3.8, 4) is 5.75 Å². The number of benzene rings is 1. The zero-order chi connectivity index (χ0) is 13.9. The summed E-state index contributed by atoms with van der Waals surface area (Å²) in [7, 11) is 0. The first-order valence-corrected chi connectivity index (χ1v) is 6.73. The van der Waals surface area contributed by atoms with Crippen molar-refractivity contribution in [3.63, 3.8) is 0 Å². The zero-order valence-corrected chi connectivity index (χ0v) is 11.1. The largest absolute Gasteiger partial charge is 0.505 e. The van der Waals surface area contributed by atoms with Gasteiger partial charge in [-0.25, -0.2) is 0 Å². The molecule has 0 aliphatic carbocycles. The Morgan fingerprint density at radius 2 is 2.05 bits per heavy atom. The van der Waals surface area contributed by atoms with E-state index in [-0.39, 0.29) is 11.7 Å². The summed E-state index contributed by atoms with van der Waals surface area (Å²) in [4.78, 5) is 18.0. The normalized spacial score (nSPS) is 18.2. The fourth-order valence-electron chi connectivity index (χ4n) is 2.68. The minimum Gasteiger partial charge on any atom is -0.505 e. The summed E-state index contributed by atoms with van der Waals surface area (Å²) < 4.78 is 0. The molecule has 1 saturated heterocycles. The number of hydrogen-bond acceptors (Lipinski definition) is 3. The third-order valence-electron chi connectivity index (χ3n) is 3.78. The summed E-state index contributed by atoms with van der Waals surface area (Å²) in [5.74, 6) is 0.202. The molecule has 0 radical (unpaired) electrons. The van der Waals surface area contributed by atoms with E-state index in [1.807, 2.05) is 18.2 Å². The molecule has 2 aromatic rings. The fraction of sp³-hybridized carbons (Fsp3) is 0.250. The van der Waals surface area contributed by atoms with Gasteiger partial charge < -0.3 is 10.0 Å². The molecule has 1 fully saturated rings. The zero-order valence-electron chi connectivity index (χ0n) is 11.1. The van der Waals surface area contributed by atoms with Crippen LogP contribution in [-0.4, -0.2) is 34.0 Å². The molecule has 1 atom stereocenters. The number of carbonyl (C=O) groups excluding carboxylic acids is 1. The molecule has 3 rings (SSSR count). The van der Waals surface area contributed by atoms with Crippen LogP contribution in [-0.2, 0) is 0 Å².